The molecule has 4 heteroatoms. The monoisotopic (exact) mass is 261 g/mol. The number of aromatic nitrogens is 2. The normalized spacial score (nSPS) is 10.4. The van der Waals surface area contributed by atoms with Crippen molar-refractivity contribution in [2.75, 3.05) is 11.9 Å². The SMILES string of the molecule is Cc1ccc(CN(C)c2ccc(CCl)nn2)cc1. The number of halogens is 1. The second kappa shape index (κ2) is 5.83. The maximum atomic E-state index is 5.69. The average Bonchev–Trinajstić information content (AvgIpc) is 2.41. The second-order valence-electron chi connectivity index (χ2n) is 4.36. The molecule has 0 aliphatic carbocycles. The quantitative estimate of drug-likeness (QED) is 0.792. The molecule has 18 heavy (non-hydrogen) atoms. The van der Waals surface area contributed by atoms with E-state index in [1.807, 2.05) is 19.2 Å². The number of rotatable bonds is 4. The van der Waals surface area contributed by atoms with Crippen molar-refractivity contribution in [3.63, 3.8) is 0 Å². The van der Waals surface area contributed by atoms with Crippen LogP contribution in [0.1, 0.15) is 16.8 Å². The fourth-order valence-electron chi connectivity index (χ4n) is 1.68. The summed E-state index contributed by atoms with van der Waals surface area (Å²) in [5, 5.41) is 8.21. The fraction of sp³-hybridized carbons (Fsp3) is 0.286. The molecule has 0 radical (unpaired) electrons. The third-order valence-corrected chi connectivity index (χ3v) is 3.05. The molecule has 0 unspecified atom stereocenters. The molecule has 0 fully saturated rings. The van der Waals surface area contributed by atoms with Crippen LogP contribution in [0.4, 0.5) is 5.82 Å². The molecule has 1 aromatic carbocycles. The van der Waals surface area contributed by atoms with Gasteiger partial charge in [0.2, 0.25) is 0 Å². The molecule has 2 aromatic rings. The van der Waals surface area contributed by atoms with E-state index in [1.54, 1.807) is 0 Å². The molecule has 0 amide bonds. The van der Waals surface area contributed by atoms with Crippen LogP contribution in [0.5, 0.6) is 0 Å². The van der Waals surface area contributed by atoms with E-state index in [9.17, 15) is 0 Å². The van der Waals surface area contributed by atoms with Crippen LogP contribution in [0.3, 0.4) is 0 Å². The number of anilines is 1. The van der Waals surface area contributed by atoms with E-state index in [1.165, 1.54) is 11.1 Å². The Morgan fingerprint density at radius 1 is 1.06 bits per heavy atom. The third kappa shape index (κ3) is 3.20. The first kappa shape index (κ1) is 12.8. The van der Waals surface area contributed by atoms with Crippen molar-refractivity contribution in [2.24, 2.45) is 0 Å². The third-order valence-electron chi connectivity index (χ3n) is 2.77. The molecule has 0 saturated heterocycles. The van der Waals surface area contributed by atoms with E-state index in [0.717, 1.165) is 18.1 Å². The van der Waals surface area contributed by atoms with Gasteiger partial charge in [0.1, 0.15) is 0 Å². The summed E-state index contributed by atoms with van der Waals surface area (Å²) in [6.07, 6.45) is 0. The van der Waals surface area contributed by atoms with Gasteiger partial charge in [0.15, 0.2) is 5.82 Å². The smallest absolute Gasteiger partial charge is 0.151 e. The van der Waals surface area contributed by atoms with Crippen LogP contribution in [0.25, 0.3) is 0 Å². The van der Waals surface area contributed by atoms with Crippen molar-refractivity contribution in [1.29, 1.82) is 0 Å². The van der Waals surface area contributed by atoms with Gasteiger partial charge in [0, 0.05) is 13.6 Å². The van der Waals surface area contributed by atoms with Gasteiger partial charge < -0.3 is 4.90 Å². The maximum Gasteiger partial charge on any atom is 0.151 e. The Hall–Kier alpha value is -1.61. The molecule has 1 heterocycles. The average molecular weight is 262 g/mol. The van der Waals surface area contributed by atoms with Crippen LogP contribution in [0.15, 0.2) is 36.4 Å². The van der Waals surface area contributed by atoms with Gasteiger partial charge in [-0.3, -0.25) is 0 Å². The van der Waals surface area contributed by atoms with Crippen molar-refractivity contribution in [1.82, 2.24) is 10.2 Å². The number of hydrogen-bond acceptors (Lipinski definition) is 3. The van der Waals surface area contributed by atoms with E-state index in [0.29, 0.717) is 5.88 Å². The number of benzene rings is 1. The van der Waals surface area contributed by atoms with E-state index in [2.05, 4.69) is 46.3 Å². The molecule has 0 saturated carbocycles. The highest BCUT2D eigenvalue weighted by molar-refractivity contribution is 6.16. The molecule has 0 aliphatic rings. The second-order valence-corrected chi connectivity index (χ2v) is 4.63. The Morgan fingerprint density at radius 2 is 1.78 bits per heavy atom. The van der Waals surface area contributed by atoms with E-state index in [4.69, 9.17) is 11.6 Å². The Morgan fingerprint density at radius 3 is 2.33 bits per heavy atom. The largest absolute Gasteiger partial charge is 0.354 e. The Kier molecular flexibility index (Phi) is 4.15. The molecule has 3 nitrogen and oxygen atoms in total. The molecule has 0 bridgehead atoms. The molecule has 94 valence electrons. The standard InChI is InChI=1S/C14H16ClN3/c1-11-3-5-12(6-4-11)10-18(2)14-8-7-13(9-15)16-17-14/h3-8H,9-10H2,1-2H3. The first-order chi connectivity index (χ1) is 8.69. The van der Waals surface area contributed by atoms with E-state index < -0.39 is 0 Å². The zero-order valence-electron chi connectivity index (χ0n) is 10.6. The predicted molar refractivity (Wildman–Crippen MR) is 74.9 cm³/mol. The lowest BCUT2D eigenvalue weighted by molar-refractivity contribution is 0.854. The molecule has 0 spiro atoms. The molecule has 2 rings (SSSR count). The van der Waals surface area contributed by atoms with E-state index >= 15 is 0 Å². The van der Waals surface area contributed by atoms with Gasteiger partial charge in [0.25, 0.3) is 0 Å². The van der Waals surface area contributed by atoms with Crippen LogP contribution < -0.4 is 4.90 Å². The number of aryl methyl sites for hydroxylation is 1. The van der Waals surface area contributed by atoms with Crippen molar-refractivity contribution in [2.45, 2.75) is 19.3 Å². The molecular weight excluding hydrogens is 246 g/mol. The summed E-state index contributed by atoms with van der Waals surface area (Å²) in [5.74, 6) is 1.25. The zero-order chi connectivity index (χ0) is 13.0. The highest BCUT2D eigenvalue weighted by Gasteiger charge is 2.04. The van der Waals surface area contributed by atoms with Gasteiger partial charge in [-0.25, -0.2) is 0 Å². The summed E-state index contributed by atoms with van der Waals surface area (Å²) in [7, 11) is 2.00. The highest BCUT2D eigenvalue weighted by Crippen LogP contribution is 2.13. The lowest BCUT2D eigenvalue weighted by atomic mass is 10.1. The predicted octanol–water partition coefficient (Wildman–Crippen LogP) is 3.16. The zero-order valence-corrected chi connectivity index (χ0v) is 11.4. The van der Waals surface area contributed by atoms with Gasteiger partial charge >= 0.3 is 0 Å². The Balaban J connectivity index is 2.06. The summed E-state index contributed by atoms with van der Waals surface area (Å²) in [4.78, 5) is 2.07. The summed E-state index contributed by atoms with van der Waals surface area (Å²) in [6.45, 7) is 2.90. The molecule has 0 atom stereocenters. The van der Waals surface area contributed by atoms with Crippen molar-refractivity contribution in [3.05, 3.63) is 53.2 Å². The summed E-state index contributed by atoms with van der Waals surface area (Å²) >= 11 is 5.69. The Labute approximate surface area is 112 Å². The lowest BCUT2D eigenvalue weighted by Crippen LogP contribution is -2.18. The van der Waals surface area contributed by atoms with Crippen LogP contribution in [-0.2, 0) is 12.4 Å². The summed E-state index contributed by atoms with van der Waals surface area (Å²) < 4.78 is 0. The molecular formula is C14H16ClN3. The number of nitrogens with zero attached hydrogens (tertiary/aromatic N) is 3. The van der Waals surface area contributed by atoms with Crippen LogP contribution in [-0.4, -0.2) is 17.2 Å². The number of hydrogen-bond donors (Lipinski definition) is 0. The maximum absolute atomic E-state index is 5.69. The first-order valence-electron chi connectivity index (χ1n) is 5.84. The molecule has 0 aliphatic heterocycles. The number of alkyl halides is 1. The fourth-order valence-corrected chi connectivity index (χ4v) is 1.82. The van der Waals surface area contributed by atoms with Gasteiger partial charge in [-0.05, 0) is 24.6 Å². The van der Waals surface area contributed by atoms with Crippen LogP contribution in [0.2, 0.25) is 0 Å². The van der Waals surface area contributed by atoms with Gasteiger partial charge in [-0.2, -0.15) is 5.10 Å². The van der Waals surface area contributed by atoms with Gasteiger partial charge in [-0.1, -0.05) is 29.8 Å². The molecule has 0 N–H and O–H groups in total. The molecule has 1 aromatic heterocycles. The van der Waals surface area contributed by atoms with Gasteiger partial charge in [-0.15, -0.1) is 16.7 Å². The lowest BCUT2D eigenvalue weighted by Gasteiger charge is -2.17. The minimum atomic E-state index is 0.398. The van der Waals surface area contributed by atoms with Crippen LogP contribution in [0, 0.1) is 6.92 Å². The van der Waals surface area contributed by atoms with E-state index in [-0.39, 0.29) is 0 Å². The minimum absolute atomic E-state index is 0.398. The van der Waals surface area contributed by atoms with Crippen molar-refractivity contribution in [3.8, 4) is 0 Å². The first-order valence-corrected chi connectivity index (χ1v) is 6.38. The van der Waals surface area contributed by atoms with Crippen molar-refractivity contribution >= 4 is 17.4 Å². The Bertz CT molecular complexity index is 493. The topological polar surface area (TPSA) is 29.0 Å². The highest BCUT2D eigenvalue weighted by atomic mass is 35.5. The van der Waals surface area contributed by atoms with Gasteiger partial charge in [0.05, 0.1) is 11.6 Å². The summed E-state index contributed by atoms with van der Waals surface area (Å²) in [5.41, 5.74) is 3.32. The van der Waals surface area contributed by atoms with Crippen molar-refractivity contribution < 1.29 is 0 Å². The minimum Gasteiger partial charge on any atom is -0.354 e. The van der Waals surface area contributed by atoms with Crippen LogP contribution >= 0.6 is 11.6 Å². The summed E-state index contributed by atoms with van der Waals surface area (Å²) in [6, 6.07) is 12.3.